The van der Waals surface area contributed by atoms with Crippen LogP contribution in [0.15, 0.2) is 24.3 Å². The Bertz CT molecular complexity index is 376. The number of ether oxygens (including phenoxy) is 1. The van der Waals surface area contributed by atoms with Crippen molar-refractivity contribution < 1.29 is 4.74 Å². The Hall–Kier alpha value is -1.05. The Morgan fingerprint density at radius 1 is 1.35 bits per heavy atom. The summed E-state index contributed by atoms with van der Waals surface area (Å²) in [5, 5.41) is 9.52. The number of hydrogen-bond acceptors (Lipinski definition) is 3. The molecule has 3 nitrogen and oxygen atoms in total. The van der Waals surface area contributed by atoms with Crippen molar-refractivity contribution in [3.05, 3.63) is 29.8 Å². The first-order valence-electron chi connectivity index (χ1n) is 5.58. The van der Waals surface area contributed by atoms with Crippen LogP contribution in [0, 0.1) is 11.3 Å². The Morgan fingerprint density at radius 2 is 2.12 bits per heavy atom. The number of nitrogens with zero attached hydrogens (tertiary/aromatic N) is 2. The molecule has 0 fully saturated rings. The highest BCUT2D eigenvalue weighted by atomic mass is 79.9. The SMILES string of the molecule is COCCN(CCC#N)c1ccccc1CBr. The lowest BCUT2D eigenvalue weighted by Crippen LogP contribution is -2.28. The Balaban J connectivity index is 2.83. The van der Waals surface area contributed by atoms with Crippen LogP contribution in [0.1, 0.15) is 12.0 Å². The molecule has 0 atom stereocenters. The summed E-state index contributed by atoms with van der Waals surface area (Å²) in [5.41, 5.74) is 2.42. The van der Waals surface area contributed by atoms with Crippen LogP contribution >= 0.6 is 15.9 Å². The molecule has 0 heterocycles. The molecule has 0 radical (unpaired) electrons. The van der Waals surface area contributed by atoms with Gasteiger partial charge in [-0.2, -0.15) is 5.26 Å². The van der Waals surface area contributed by atoms with Crippen molar-refractivity contribution in [3.63, 3.8) is 0 Å². The minimum atomic E-state index is 0.528. The molecule has 0 N–H and O–H groups in total. The van der Waals surface area contributed by atoms with E-state index in [2.05, 4.69) is 39.0 Å². The van der Waals surface area contributed by atoms with Crippen LogP contribution in [0.2, 0.25) is 0 Å². The van der Waals surface area contributed by atoms with Gasteiger partial charge in [-0.3, -0.25) is 0 Å². The van der Waals surface area contributed by atoms with E-state index in [1.807, 2.05) is 12.1 Å². The van der Waals surface area contributed by atoms with Crippen molar-refractivity contribution in [2.24, 2.45) is 0 Å². The van der Waals surface area contributed by atoms with Crippen LogP contribution < -0.4 is 4.90 Å². The van der Waals surface area contributed by atoms with Crippen LogP contribution in [0.25, 0.3) is 0 Å². The fraction of sp³-hybridized carbons (Fsp3) is 0.462. The molecule has 1 aromatic rings. The van der Waals surface area contributed by atoms with Gasteiger partial charge in [0.25, 0.3) is 0 Å². The molecule has 0 unspecified atom stereocenters. The lowest BCUT2D eigenvalue weighted by Gasteiger charge is -2.25. The summed E-state index contributed by atoms with van der Waals surface area (Å²) >= 11 is 3.49. The maximum atomic E-state index is 8.70. The van der Waals surface area contributed by atoms with Crippen molar-refractivity contribution in [1.29, 1.82) is 5.26 Å². The van der Waals surface area contributed by atoms with Crippen molar-refractivity contribution in [2.75, 3.05) is 31.7 Å². The minimum Gasteiger partial charge on any atom is -0.383 e. The largest absolute Gasteiger partial charge is 0.383 e. The maximum absolute atomic E-state index is 8.70. The Labute approximate surface area is 111 Å². The summed E-state index contributed by atoms with van der Waals surface area (Å²) in [6.07, 6.45) is 0.528. The smallest absolute Gasteiger partial charge is 0.0640 e. The van der Waals surface area contributed by atoms with E-state index in [0.717, 1.165) is 18.4 Å². The summed E-state index contributed by atoms with van der Waals surface area (Å²) in [4.78, 5) is 2.20. The molecule has 92 valence electrons. The van der Waals surface area contributed by atoms with Gasteiger partial charge in [-0.15, -0.1) is 0 Å². The number of halogens is 1. The summed E-state index contributed by atoms with van der Waals surface area (Å²) in [6.45, 7) is 2.22. The van der Waals surface area contributed by atoms with Crippen molar-refractivity contribution >= 4 is 21.6 Å². The van der Waals surface area contributed by atoms with Crippen LogP contribution in [0.5, 0.6) is 0 Å². The zero-order chi connectivity index (χ0) is 12.5. The van der Waals surface area contributed by atoms with E-state index < -0.39 is 0 Å². The molecule has 0 saturated heterocycles. The molecule has 4 heteroatoms. The van der Waals surface area contributed by atoms with Crippen LogP contribution in [-0.2, 0) is 10.1 Å². The number of anilines is 1. The fourth-order valence-electron chi connectivity index (χ4n) is 1.67. The summed E-state index contributed by atoms with van der Waals surface area (Å²) < 4.78 is 5.11. The van der Waals surface area contributed by atoms with Gasteiger partial charge in [-0.25, -0.2) is 0 Å². The van der Waals surface area contributed by atoms with E-state index in [1.54, 1.807) is 7.11 Å². The number of alkyl halides is 1. The minimum absolute atomic E-state index is 0.528. The lowest BCUT2D eigenvalue weighted by molar-refractivity contribution is 0.205. The third-order valence-electron chi connectivity index (χ3n) is 2.54. The normalized spacial score (nSPS) is 9.94. The van der Waals surface area contributed by atoms with Crippen LogP contribution in [-0.4, -0.2) is 26.8 Å². The van der Waals surface area contributed by atoms with Crippen molar-refractivity contribution in [2.45, 2.75) is 11.8 Å². The van der Waals surface area contributed by atoms with Gasteiger partial charge >= 0.3 is 0 Å². The highest BCUT2D eigenvalue weighted by molar-refractivity contribution is 9.08. The first-order chi connectivity index (χ1) is 8.33. The highest BCUT2D eigenvalue weighted by Gasteiger charge is 2.09. The van der Waals surface area contributed by atoms with E-state index >= 15 is 0 Å². The molecule has 0 aromatic heterocycles. The Morgan fingerprint density at radius 3 is 2.76 bits per heavy atom. The highest BCUT2D eigenvalue weighted by Crippen LogP contribution is 2.22. The summed E-state index contributed by atoms with van der Waals surface area (Å²) in [7, 11) is 1.69. The molecule has 0 saturated carbocycles. The molecule has 0 aliphatic carbocycles. The maximum Gasteiger partial charge on any atom is 0.0640 e. The van der Waals surface area contributed by atoms with Crippen molar-refractivity contribution in [3.8, 4) is 6.07 Å². The number of para-hydroxylation sites is 1. The third-order valence-corrected chi connectivity index (χ3v) is 3.14. The Kier molecular flexibility index (Phi) is 6.68. The van der Waals surface area contributed by atoms with E-state index in [-0.39, 0.29) is 0 Å². The van der Waals surface area contributed by atoms with Gasteiger partial charge < -0.3 is 9.64 Å². The van der Waals surface area contributed by atoms with Crippen LogP contribution in [0.3, 0.4) is 0 Å². The number of rotatable bonds is 7. The standard InChI is InChI=1S/C13H17BrN2O/c1-17-10-9-16(8-4-7-15)13-6-3-2-5-12(13)11-14/h2-3,5-6H,4,8-11H2,1H3. The average Bonchev–Trinajstić information content (AvgIpc) is 2.39. The molecule has 0 aliphatic rings. The van der Waals surface area contributed by atoms with E-state index in [4.69, 9.17) is 10.00 Å². The van der Waals surface area contributed by atoms with Gasteiger partial charge in [0.05, 0.1) is 19.1 Å². The van der Waals surface area contributed by atoms with Gasteiger partial charge in [0.2, 0.25) is 0 Å². The average molecular weight is 297 g/mol. The second kappa shape index (κ2) is 8.10. The van der Waals surface area contributed by atoms with Gasteiger partial charge in [-0.1, -0.05) is 34.1 Å². The summed E-state index contributed by atoms with van der Waals surface area (Å²) in [5.74, 6) is 0. The molecular weight excluding hydrogens is 280 g/mol. The monoisotopic (exact) mass is 296 g/mol. The van der Waals surface area contributed by atoms with Crippen molar-refractivity contribution in [1.82, 2.24) is 0 Å². The fourth-order valence-corrected chi connectivity index (χ4v) is 2.15. The second-order valence-electron chi connectivity index (χ2n) is 3.65. The van der Waals surface area contributed by atoms with E-state index in [1.165, 1.54) is 11.3 Å². The zero-order valence-electron chi connectivity index (χ0n) is 10.0. The topological polar surface area (TPSA) is 36.3 Å². The first-order valence-corrected chi connectivity index (χ1v) is 6.70. The quantitative estimate of drug-likeness (QED) is 0.726. The van der Waals surface area contributed by atoms with Gasteiger partial charge in [0.15, 0.2) is 0 Å². The molecule has 1 rings (SSSR count). The number of hydrogen-bond donors (Lipinski definition) is 0. The molecule has 1 aromatic carbocycles. The number of nitriles is 1. The van der Waals surface area contributed by atoms with E-state index in [9.17, 15) is 0 Å². The molecule has 0 aliphatic heterocycles. The molecule has 0 bridgehead atoms. The lowest BCUT2D eigenvalue weighted by atomic mass is 10.1. The number of methoxy groups -OCH3 is 1. The predicted molar refractivity (Wildman–Crippen MR) is 73.4 cm³/mol. The van der Waals surface area contributed by atoms with E-state index in [0.29, 0.717) is 13.0 Å². The van der Waals surface area contributed by atoms with Gasteiger partial charge in [-0.05, 0) is 11.6 Å². The molecule has 0 spiro atoms. The van der Waals surface area contributed by atoms with Crippen LogP contribution in [0.4, 0.5) is 5.69 Å². The summed E-state index contributed by atoms with van der Waals surface area (Å²) in [6, 6.07) is 10.4. The molecule has 0 amide bonds. The predicted octanol–water partition coefficient (Wildman–Crippen LogP) is 2.95. The van der Waals surface area contributed by atoms with Gasteiger partial charge in [0, 0.05) is 31.2 Å². The molecule has 17 heavy (non-hydrogen) atoms. The number of benzene rings is 1. The third kappa shape index (κ3) is 4.37. The second-order valence-corrected chi connectivity index (χ2v) is 4.21. The first kappa shape index (κ1) is 14.0. The van der Waals surface area contributed by atoms with Gasteiger partial charge in [0.1, 0.15) is 0 Å². The zero-order valence-corrected chi connectivity index (χ0v) is 11.6. The molecular formula is C13H17BrN2O.